The Balaban J connectivity index is 2.08. The fraction of sp³-hybridized carbons (Fsp3) is 0.917. The lowest BCUT2D eigenvalue weighted by molar-refractivity contribution is 0.170. The molecule has 1 aromatic heterocycles. The predicted molar refractivity (Wildman–Crippen MR) is 66.5 cm³/mol. The molecule has 0 saturated heterocycles. The SMILES string of the molecule is CCNCc1nnnn1C1CCCC(C)(C)C1. The molecule has 1 unspecified atom stereocenters. The van der Waals surface area contributed by atoms with Gasteiger partial charge in [-0.15, -0.1) is 5.10 Å². The van der Waals surface area contributed by atoms with Gasteiger partial charge in [-0.25, -0.2) is 4.68 Å². The third-order valence-electron chi connectivity index (χ3n) is 3.62. The van der Waals surface area contributed by atoms with Gasteiger partial charge in [0.05, 0.1) is 12.6 Å². The molecule has 5 nitrogen and oxygen atoms in total. The summed E-state index contributed by atoms with van der Waals surface area (Å²) in [5, 5.41) is 15.4. The Kier molecular flexibility index (Phi) is 3.76. The zero-order chi connectivity index (χ0) is 12.3. The summed E-state index contributed by atoms with van der Waals surface area (Å²) in [6.07, 6.45) is 4.97. The molecule has 0 spiro atoms. The molecular formula is C12H23N5. The average Bonchev–Trinajstić information content (AvgIpc) is 2.73. The highest BCUT2D eigenvalue weighted by Crippen LogP contribution is 2.40. The fourth-order valence-corrected chi connectivity index (χ4v) is 2.72. The van der Waals surface area contributed by atoms with Crippen molar-refractivity contribution < 1.29 is 0 Å². The van der Waals surface area contributed by atoms with E-state index in [-0.39, 0.29) is 0 Å². The van der Waals surface area contributed by atoms with Crippen LogP contribution in [0.15, 0.2) is 0 Å². The van der Waals surface area contributed by atoms with E-state index in [2.05, 4.69) is 41.6 Å². The molecule has 0 radical (unpaired) electrons. The van der Waals surface area contributed by atoms with Crippen molar-refractivity contribution in [3.63, 3.8) is 0 Å². The van der Waals surface area contributed by atoms with Gasteiger partial charge < -0.3 is 5.32 Å². The van der Waals surface area contributed by atoms with E-state index in [0.29, 0.717) is 11.5 Å². The van der Waals surface area contributed by atoms with Gasteiger partial charge in [0.1, 0.15) is 0 Å². The van der Waals surface area contributed by atoms with Crippen LogP contribution in [-0.4, -0.2) is 26.8 Å². The third-order valence-corrected chi connectivity index (χ3v) is 3.62. The van der Waals surface area contributed by atoms with Crippen LogP contribution in [0.4, 0.5) is 0 Å². The Hall–Kier alpha value is -0.970. The van der Waals surface area contributed by atoms with Crippen LogP contribution < -0.4 is 5.32 Å². The lowest BCUT2D eigenvalue weighted by Gasteiger charge is -2.35. The van der Waals surface area contributed by atoms with E-state index in [4.69, 9.17) is 0 Å². The second-order valence-electron chi connectivity index (χ2n) is 5.73. The van der Waals surface area contributed by atoms with Crippen LogP contribution >= 0.6 is 0 Å². The summed E-state index contributed by atoms with van der Waals surface area (Å²) in [6.45, 7) is 8.49. The molecule has 2 rings (SSSR count). The number of hydrogen-bond donors (Lipinski definition) is 1. The summed E-state index contributed by atoms with van der Waals surface area (Å²) >= 11 is 0. The van der Waals surface area contributed by atoms with Crippen LogP contribution in [-0.2, 0) is 6.54 Å². The number of nitrogens with one attached hydrogen (secondary N) is 1. The molecule has 1 saturated carbocycles. The molecule has 1 aliphatic rings. The second kappa shape index (κ2) is 5.12. The first-order chi connectivity index (χ1) is 8.12. The van der Waals surface area contributed by atoms with Crippen LogP contribution in [0, 0.1) is 5.41 Å². The molecule has 0 amide bonds. The van der Waals surface area contributed by atoms with Gasteiger partial charge in [-0.05, 0) is 41.6 Å². The third kappa shape index (κ3) is 3.03. The van der Waals surface area contributed by atoms with Crippen LogP contribution in [0.2, 0.25) is 0 Å². The second-order valence-corrected chi connectivity index (χ2v) is 5.73. The maximum absolute atomic E-state index is 4.17. The minimum atomic E-state index is 0.421. The highest BCUT2D eigenvalue weighted by atomic mass is 15.6. The van der Waals surface area contributed by atoms with Crippen LogP contribution in [0.25, 0.3) is 0 Å². The Morgan fingerprint density at radius 1 is 1.47 bits per heavy atom. The van der Waals surface area contributed by atoms with Crippen molar-refractivity contribution >= 4 is 0 Å². The number of hydrogen-bond acceptors (Lipinski definition) is 4. The molecule has 1 fully saturated rings. The van der Waals surface area contributed by atoms with E-state index in [0.717, 1.165) is 18.9 Å². The summed E-state index contributed by atoms with van der Waals surface area (Å²) in [4.78, 5) is 0. The molecule has 0 bridgehead atoms. The van der Waals surface area contributed by atoms with Gasteiger partial charge >= 0.3 is 0 Å². The van der Waals surface area contributed by atoms with Gasteiger partial charge in [0, 0.05) is 0 Å². The molecule has 1 aliphatic carbocycles. The van der Waals surface area contributed by atoms with Crippen LogP contribution in [0.1, 0.15) is 58.3 Å². The number of rotatable bonds is 4. The van der Waals surface area contributed by atoms with Gasteiger partial charge in [0.25, 0.3) is 0 Å². The first kappa shape index (κ1) is 12.5. The lowest BCUT2D eigenvalue weighted by Crippen LogP contribution is -2.28. The zero-order valence-electron chi connectivity index (χ0n) is 11.1. The predicted octanol–water partition coefficient (Wildman–Crippen LogP) is 1.92. The Morgan fingerprint density at radius 2 is 2.29 bits per heavy atom. The van der Waals surface area contributed by atoms with Crippen molar-refractivity contribution in [1.29, 1.82) is 0 Å². The smallest absolute Gasteiger partial charge is 0.165 e. The van der Waals surface area contributed by atoms with Crippen molar-refractivity contribution in [3.8, 4) is 0 Å². The van der Waals surface area contributed by atoms with Gasteiger partial charge in [-0.1, -0.05) is 27.2 Å². The zero-order valence-corrected chi connectivity index (χ0v) is 11.1. The number of aromatic nitrogens is 4. The maximum atomic E-state index is 4.17. The standard InChI is InChI=1S/C12H23N5/c1-4-13-9-11-14-15-16-17(11)10-6-5-7-12(2,3)8-10/h10,13H,4-9H2,1-3H3. The van der Waals surface area contributed by atoms with E-state index in [1.54, 1.807) is 0 Å². The van der Waals surface area contributed by atoms with E-state index in [9.17, 15) is 0 Å². The molecule has 17 heavy (non-hydrogen) atoms. The molecular weight excluding hydrogens is 214 g/mol. The van der Waals surface area contributed by atoms with Gasteiger partial charge in [-0.3, -0.25) is 0 Å². The summed E-state index contributed by atoms with van der Waals surface area (Å²) in [5.74, 6) is 0.967. The topological polar surface area (TPSA) is 55.6 Å². The van der Waals surface area contributed by atoms with E-state index >= 15 is 0 Å². The molecule has 1 heterocycles. The van der Waals surface area contributed by atoms with Crippen molar-refractivity contribution in [2.24, 2.45) is 5.41 Å². The van der Waals surface area contributed by atoms with Crippen LogP contribution in [0.5, 0.6) is 0 Å². The number of tetrazole rings is 1. The van der Waals surface area contributed by atoms with Crippen molar-refractivity contribution in [2.45, 2.75) is 59.0 Å². The van der Waals surface area contributed by atoms with E-state index < -0.39 is 0 Å². The Labute approximate surface area is 103 Å². The molecule has 0 aromatic carbocycles. The summed E-state index contributed by atoms with van der Waals surface area (Å²) in [7, 11) is 0. The van der Waals surface area contributed by atoms with Gasteiger partial charge in [0.2, 0.25) is 0 Å². The average molecular weight is 237 g/mol. The first-order valence-corrected chi connectivity index (χ1v) is 6.60. The minimum Gasteiger partial charge on any atom is -0.310 e. The first-order valence-electron chi connectivity index (χ1n) is 6.60. The normalized spacial score (nSPS) is 23.8. The van der Waals surface area contributed by atoms with E-state index in [1.807, 2.05) is 4.68 Å². The summed E-state index contributed by atoms with van der Waals surface area (Å²) in [5.41, 5.74) is 0.421. The molecule has 1 aromatic rings. The Morgan fingerprint density at radius 3 is 3.00 bits per heavy atom. The van der Waals surface area contributed by atoms with Crippen molar-refractivity contribution in [3.05, 3.63) is 5.82 Å². The molecule has 1 N–H and O–H groups in total. The Bertz CT molecular complexity index is 358. The highest BCUT2D eigenvalue weighted by Gasteiger charge is 2.30. The van der Waals surface area contributed by atoms with Crippen molar-refractivity contribution in [1.82, 2.24) is 25.5 Å². The largest absolute Gasteiger partial charge is 0.310 e. The summed E-state index contributed by atoms with van der Waals surface area (Å²) in [6, 6.07) is 0.474. The summed E-state index contributed by atoms with van der Waals surface area (Å²) < 4.78 is 2.03. The lowest BCUT2D eigenvalue weighted by atomic mass is 9.75. The molecule has 1 atom stereocenters. The maximum Gasteiger partial charge on any atom is 0.165 e. The molecule has 5 heteroatoms. The fourth-order valence-electron chi connectivity index (χ4n) is 2.72. The minimum absolute atomic E-state index is 0.421. The highest BCUT2D eigenvalue weighted by molar-refractivity contribution is 4.89. The van der Waals surface area contributed by atoms with Crippen molar-refractivity contribution in [2.75, 3.05) is 6.54 Å². The molecule has 96 valence electrons. The van der Waals surface area contributed by atoms with Crippen LogP contribution in [0.3, 0.4) is 0 Å². The number of nitrogens with zero attached hydrogens (tertiary/aromatic N) is 4. The monoisotopic (exact) mass is 237 g/mol. The molecule has 0 aliphatic heterocycles. The van der Waals surface area contributed by atoms with Gasteiger partial charge in [0.15, 0.2) is 5.82 Å². The van der Waals surface area contributed by atoms with Gasteiger partial charge in [-0.2, -0.15) is 0 Å². The van der Waals surface area contributed by atoms with E-state index in [1.165, 1.54) is 25.7 Å². The quantitative estimate of drug-likeness (QED) is 0.869.